The van der Waals surface area contributed by atoms with Crippen molar-refractivity contribution < 1.29 is 15.0 Å². The van der Waals surface area contributed by atoms with Crippen molar-refractivity contribution in [3.8, 4) is 11.5 Å². The van der Waals surface area contributed by atoms with Crippen molar-refractivity contribution in [1.82, 2.24) is 10.6 Å². The van der Waals surface area contributed by atoms with Gasteiger partial charge in [0.05, 0.1) is 5.56 Å². The lowest BCUT2D eigenvalue weighted by Gasteiger charge is -2.21. The highest BCUT2D eigenvalue weighted by Gasteiger charge is 2.16. The van der Waals surface area contributed by atoms with Crippen LogP contribution in [-0.4, -0.2) is 28.2 Å². The number of phenolic OH excluding ortho intramolecular Hbond substituents is 2. The molecule has 0 spiro atoms. The van der Waals surface area contributed by atoms with Crippen LogP contribution in [0.25, 0.3) is 0 Å². The minimum absolute atomic E-state index is 0.0290. The number of hydrogen-bond donors (Lipinski definition) is 4. The molecule has 20 heavy (non-hydrogen) atoms. The Kier molecular flexibility index (Phi) is 5.39. The Morgan fingerprint density at radius 2 is 1.80 bits per heavy atom. The zero-order chi connectivity index (χ0) is 15.3. The largest absolute Gasteiger partial charge is 0.507 e. The van der Waals surface area contributed by atoms with Crippen LogP contribution in [0, 0.1) is 0 Å². The molecule has 1 amide bonds. The minimum atomic E-state index is -0.237. The first-order valence-electron chi connectivity index (χ1n) is 6.76. The summed E-state index contributed by atoms with van der Waals surface area (Å²) in [6, 6.07) is 4.40. The third-order valence-electron chi connectivity index (χ3n) is 2.81. The molecule has 1 rings (SSSR count). The van der Waals surface area contributed by atoms with Gasteiger partial charge in [-0.3, -0.25) is 4.79 Å². The molecule has 0 aliphatic carbocycles. The second-order valence-corrected chi connectivity index (χ2v) is 5.93. The Balaban J connectivity index is 2.48. The fraction of sp³-hybridized carbons (Fsp3) is 0.533. The molecule has 0 heterocycles. The molecule has 5 heteroatoms. The number of benzene rings is 1. The van der Waals surface area contributed by atoms with E-state index < -0.39 is 0 Å². The second kappa shape index (κ2) is 6.61. The highest BCUT2D eigenvalue weighted by atomic mass is 16.3. The third-order valence-corrected chi connectivity index (χ3v) is 2.81. The van der Waals surface area contributed by atoms with Crippen LogP contribution in [0.1, 0.15) is 45.7 Å². The van der Waals surface area contributed by atoms with Crippen LogP contribution in [0.4, 0.5) is 0 Å². The molecule has 1 aromatic carbocycles. The predicted octanol–water partition coefficient (Wildman–Crippen LogP) is 2.05. The van der Waals surface area contributed by atoms with E-state index in [4.69, 9.17) is 0 Å². The zero-order valence-corrected chi connectivity index (χ0v) is 12.5. The van der Waals surface area contributed by atoms with Gasteiger partial charge in [0.2, 0.25) is 5.91 Å². The smallest absolute Gasteiger partial charge is 0.221 e. The first-order valence-corrected chi connectivity index (χ1v) is 6.76. The van der Waals surface area contributed by atoms with E-state index in [1.165, 1.54) is 12.1 Å². The quantitative estimate of drug-likeness (QED) is 0.665. The predicted molar refractivity (Wildman–Crippen MR) is 78.7 cm³/mol. The van der Waals surface area contributed by atoms with Crippen molar-refractivity contribution in [2.45, 2.75) is 45.7 Å². The molecule has 0 radical (unpaired) electrons. The molecule has 5 nitrogen and oxygen atoms in total. The van der Waals surface area contributed by atoms with E-state index in [1.807, 2.05) is 27.7 Å². The number of nitrogens with one attached hydrogen (secondary N) is 2. The number of aromatic hydroxyl groups is 2. The molecule has 0 saturated carbocycles. The van der Waals surface area contributed by atoms with Gasteiger partial charge in [-0.1, -0.05) is 6.07 Å². The van der Waals surface area contributed by atoms with Crippen molar-refractivity contribution in [3.05, 3.63) is 23.8 Å². The summed E-state index contributed by atoms with van der Waals surface area (Å²) < 4.78 is 0. The summed E-state index contributed by atoms with van der Waals surface area (Å²) in [6.07, 6.45) is 0.343. The summed E-state index contributed by atoms with van der Waals surface area (Å²) in [7, 11) is 0. The van der Waals surface area contributed by atoms with Crippen LogP contribution in [0.15, 0.2) is 18.2 Å². The standard InChI is InChI=1S/C15H24N2O3/c1-10(14-11(18)6-5-7-12(14)19)16-9-8-13(20)17-15(2,3)4/h5-7,10,16,18-19H,8-9H2,1-4H3,(H,17,20). The van der Waals surface area contributed by atoms with E-state index in [1.54, 1.807) is 6.07 Å². The molecule has 1 aromatic rings. The fourth-order valence-electron chi connectivity index (χ4n) is 1.97. The van der Waals surface area contributed by atoms with Crippen LogP contribution in [0.5, 0.6) is 11.5 Å². The summed E-state index contributed by atoms with van der Waals surface area (Å²) in [6.45, 7) is 8.09. The lowest BCUT2D eigenvalue weighted by atomic mass is 10.1. The van der Waals surface area contributed by atoms with Crippen molar-refractivity contribution in [3.63, 3.8) is 0 Å². The van der Waals surface area contributed by atoms with Crippen LogP contribution < -0.4 is 10.6 Å². The molecular formula is C15H24N2O3. The molecular weight excluding hydrogens is 256 g/mol. The summed E-state index contributed by atoms with van der Waals surface area (Å²) in [5, 5.41) is 25.5. The summed E-state index contributed by atoms with van der Waals surface area (Å²) >= 11 is 0. The highest BCUT2D eigenvalue weighted by molar-refractivity contribution is 5.76. The maximum absolute atomic E-state index is 11.7. The molecule has 0 saturated heterocycles. The number of rotatable bonds is 5. The van der Waals surface area contributed by atoms with Gasteiger partial charge in [-0.25, -0.2) is 0 Å². The van der Waals surface area contributed by atoms with E-state index in [0.29, 0.717) is 18.5 Å². The van der Waals surface area contributed by atoms with Crippen LogP contribution in [0.3, 0.4) is 0 Å². The van der Waals surface area contributed by atoms with Crippen LogP contribution in [0.2, 0.25) is 0 Å². The monoisotopic (exact) mass is 280 g/mol. The van der Waals surface area contributed by atoms with Gasteiger partial charge in [0.1, 0.15) is 11.5 Å². The molecule has 1 unspecified atom stereocenters. The average Bonchev–Trinajstić information content (AvgIpc) is 2.26. The Morgan fingerprint density at radius 1 is 1.25 bits per heavy atom. The van der Waals surface area contributed by atoms with E-state index in [2.05, 4.69) is 10.6 Å². The van der Waals surface area contributed by atoms with Crippen molar-refractivity contribution >= 4 is 5.91 Å². The van der Waals surface area contributed by atoms with Crippen molar-refractivity contribution in [1.29, 1.82) is 0 Å². The van der Waals surface area contributed by atoms with Gasteiger partial charge in [-0.05, 0) is 39.8 Å². The van der Waals surface area contributed by atoms with Gasteiger partial charge in [-0.2, -0.15) is 0 Å². The number of hydrogen-bond acceptors (Lipinski definition) is 4. The number of phenols is 2. The Bertz CT molecular complexity index is 446. The molecule has 1 atom stereocenters. The van der Waals surface area contributed by atoms with Gasteiger partial charge in [0, 0.05) is 24.5 Å². The molecule has 112 valence electrons. The van der Waals surface area contributed by atoms with E-state index in [-0.39, 0.29) is 29.0 Å². The molecule has 0 aliphatic rings. The SMILES string of the molecule is CC(NCCC(=O)NC(C)(C)C)c1c(O)cccc1O. The molecule has 0 fully saturated rings. The maximum atomic E-state index is 11.7. The molecule has 0 aliphatic heterocycles. The summed E-state index contributed by atoms with van der Waals surface area (Å²) in [5.41, 5.74) is 0.210. The normalized spacial score (nSPS) is 13.0. The Morgan fingerprint density at radius 3 is 2.30 bits per heavy atom. The minimum Gasteiger partial charge on any atom is -0.507 e. The Hall–Kier alpha value is -1.75. The third kappa shape index (κ3) is 5.09. The Labute approximate surface area is 120 Å². The second-order valence-electron chi connectivity index (χ2n) is 5.93. The summed E-state index contributed by atoms with van der Waals surface area (Å²) in [5.74, 6) is 0.0620. The van der Waals surface area contributed by atoms with Gasteiger partial charge in [0.25, 0.3) is 0 Å². The van der Waals surface area contributed by atoms with Gasteiger partial charge < -0.3 is 20.8 Å². The lowest BCUT2D eigenvalue weighted by Crippen LogP contribution is -2.41. The first kappa shape index (κ1) is 16.3. The van der Waals surface area contributed by atoms with E-state index in [0.717, 1.165) is 0 Å². The molecule has 0 aromatic heterocycles. The van der Waals surface area contributed by atoms with Crippen molar-refractivity contribution in [2.75, 3.05) is 6.54 Å². The van der Waals surface area contributed by atoms with Gasteiger partial charge in [0.15, 0.2) is 0 Å². The first-order chi connectivity index (χ1) is 9.20. The van der Waals surface area contributed by atoms with Crippen LogP contribution in [-0.2, 0) is 4.79 Å². The highest BCUT2D eigenvalue weighted by Crippen LogP contribution is 2.31. The summed E-state index contributed by atoms with van der Waals surface area (Å²) in [4.78, 5) is 11.7. The van der Waals surface area contributed by atoms with Crippen molar-refractivity contribution in [2.24, 2.45) is 0 Å². The number of amides is 1. The van der Waals surface area contributed by atoms with Gasteiger partial charge >= 0.3 is 0 Å². The molecule has 4 N–H and O–H groups in total. The fourth-order valence-corrected chi connectivity index (χ4v) is 1.97. The maximum Gasteiger partial charge on any atom is 0.221 e. The number of carbonyl (C=O) groups excluding carboxylic acids is 1. The lowest BCUT2D eigenvalue weighted by molar-refractivity contribution is -0.122. The molecule has 0 bridgehead atoms. The number of carbonyl (C=O) groups is 1. The van der Waals surface area contributed by atoms with Gasteiger partial charge in [-0.15, -0.1) is 0 Å². The van der Waals surface area contributed by atoms with Crippen LogP contribution >= 0.6 is 0 Å². The topological polar surface area (TPSA) is 81.6 Å². The average molecular weight is 280 g/mol. The zero-order valence-electron chi connectivity index (χ0n) is 12.5. The van der Waals surface area contributed by atoms with E-state index >= 15 is 0 Å². The van der Waals surface area contributed by atoms with E-state index in [9.17, 15) is 15.0 Å².